The van der Waals surface area contributed by atoms with E-state index in [0.29, 0.717) is 12.1 Å². The number of halogens is 3. The highest BCUT2D eigenvalue weighted by Gasteiger charge is 2.42. The van der Waals surface area contributed by atoms with Gasteiger partial charge in [-0.2, -0.15) is 13.2 Å². The van der Waals surface area contributed by atoms with Crippen molar-refractivity contribution in [2.45, 2.75) is 58.2 Å². The topological polar surface area (TPSA) is 128 Å². The molecule has 0 aromatic carbocycles. The summed E-state index contributed by atoms with van der Waals surface area (Å²) in [5.74, 6) is -0.0253. The lowest BCUT2D eigenvalue weighted by Crippen LogP contribution is -2.35. The number of pyridine rings is 1. The molecule has 1 atom stereocenters. The van der Waals surface area contributed by atoms with Gasteiger partial charge in [-0.15, -0.1) is 5.10 Å². The molecule has 10 nitrogen and oxygen atoms in total. The average molecular weight is 493 g/mol. The molecule has 0 bridgehead atoms. The Morgan fingerprint density at radius 2 is 1.94 bits per heavy atom. The normalized spacial score (nSPS) is 12.9. The van der Waals surface area contributed by atoms with Crippen LogP contribution in [0.15, 0.2) is 12.1 Å². The van der Waals surface area contributed by atoms with E-state index < -0.39 is 28.4 Å². The summed E-state index contributed by atoms with van der Waals surface area (Å²) in [6, 6.07) is 2.89. The van der Waals surface area contributed by atoms with Crippen LogP contribution in [0.1, 0.15) is 44.7 Å². The molecular formula is C19H27F3N6O4S. The zero-order valence-corrected chi connectivity index (χ0v) is 19.5. The Morgan fingerprint density at radius 1 is 1.24 bits per heavy atom. The fourth-order valence-electron chi connectivity index (χ4n) is 2.97. The molecule has 0 aliphatic heterocycles. The smallest absolute Gasteiger partial charge is 0.425 e. The second-order valence-corrected chi connectivity index (χ2v) is 9.27. The van der Waals surface area contributed by atoms with Crippen LogP contribution in [0.5, 0.6) is 0 Å². The number of ether oxygens (including phenoxy) is 1. The van der Waals surface area contributed by atoms with E-state index in [2.05, 4.69) is 30.1 Å². The summed E-state index contributed by atoms with van der Waals surface area (Å²) in [7, 11) is -2.08. The molecule has 0 aliphatic carbocycles. The molecule has 0 saturated carbocycles. The molecule has 0 fully saturated rings. The number of unbranched alkanes of at least 4 members (excludes halogenated alkanes) is 3. The summed E-state index contributed by atoms with van der Waals surface area (Å²) >= 11 is 0. The standard InChI is InChI=1S/C19H27F3N6O4S/c1-5-6-7-8-9-15(19(20,21)22)32-18(29)24-17-16(25-27-28(17)3)14-11-10-13(12(2)23-14)26-33(4,30)31/h10-11,15,26H,5-9H2,1-4H3,(H,24,29)/t15-/m0/s1. The Bertz CT molecular complexity index is 1070. The highest BCUT2D eigenvalue weighted by molar-refractivity contribution is 7.92. The number of nitrogens with one attached hydrogen (secondary N) is 2. The van der Waals surface area contributed by atoms with E-state index in [4.69, 9.17) is 0 Å². The second kappa shape index (κ2) is 10.8. The minimum atomic E-state index is -4.70. The number of carbonyl (C=O) groups is 1. The lowest BCUT2D eigenvalue weighted by molar-refractivity contribution is -0.204. The van der Waals surface area contributed by atoms with Crippen molar-refractivity contribution in [2.75, 3.05) is 16.3 Å². The molecule has 2 aromatic rings. The van der Waals surface area contributed by atoms with Gasteiger partial charge in [0.1, 0.15) is 0 Å². The quantitative estimate of drug-likeness (QED) is 0.480. The van der Waals surface area contributed by atoms with Crippen LogP contribution in [-0.4, -0.2) is 53.0 Å². The Balaban J connectivity index is 2.18. The first-order valence-corrected chi connectivity index (χ1v) is 12.1. The SMILES string of the molecule is CCCCCC[C@H](OC(=O)Nc1c(-c2ccc(NS(C)(=O)=O)c(C)n2)nnn1C)C(F)(F)F. The van der Waals surface area contributed by atoms with E-state index in [9.17, 15) is 26.4 Å². The maximum Gasteiger partial charge on any atom is 0.425 e. The Labute approximate surface area is 190 Å². The zero-order chi connectivity index (χ0) is 24.8. The molecule has 2 N–H and O–H groups in total. The van der Waals surface area contributed by atoms with Crippen molar-refractivity contribution in [3.8, 4) is 11.4 Å². The molecule has 0 saturated heterocycles. The number of hydrogen-bond donors (Lipinski definition) is 2. The van der Waals surface area contributed by atoms with Gasteiger partial charge in [-0.05, 0) is 31.9 Å². The molecular weight excluding hydrogens is 465 g/mol. The molecule has 2 rings (SSSR count). The minimum Gasteiger partial charge on any atom is -0.436 e. The Kier molecular flexibility index (Phi) is 8.63. The number of sulfonamides is 1. The Morgan fingerprint density at radius 3 is 2.52 bits per heavy atom. The summed E-state index contributed by atoms with van der Waals surface area (Å²) in [4.78, 5) is 16.5. The van der Waals surface area contributed by atoms with E-state index in [-0.39, 0.29) is 35.7 Å². The molecule has 0 spiro atoms. The van der Waals surface area contributed by atoms with Crippen LogP contribution in [-0.2, 0) is 21.8 Å². The van der Waals surface area contributed by atoms with Gasteiger partial charge in [0.2, 0.25) is 10.0 Å². The monoisotopic (exact) mass is 492 g/mol. The van der Waals surface area contributed by atoms with Gasteiger partial charge in [0.05, 0.1) is 23.3 Å². The number of anilines is 2. The van der Waals surface area contributed by atoms with Gasteiger partial charge < -0.3 is 4.74 Å². The van der Waals surface area contributed by atoms with Gasteiger partial charge >= 0.3 is 12.3 Å². The first kappa shape index (κ1) is 26.4. The molecule has 0 aliphatic rings. The predicted molar refractivity (Wildman–Crippen MR) is 116 cm³/mol. The molecule has 2 heterocycles. The third kappa shape index (κ3) is 7.87. The molecule has 0 unspecified atom stereocenters. The van der Waals surface area contributed by atoms with Crippen LogP contribution >= 0.6 is 0 Å². The van der Waals surface area contributed by atoms with E-state index in [0.717, 1.165) is 23.8 Å². The summed E-state index contributed by atoms with van der Waals surface area (Å²) in [5.41, 5.74) is 0.869. The third-order valence-electron chi connectivity index (χ3n) is 4.61. The fraction of sp³-hybridized carbons (Fsp3) is 0.579. The van der Waals surface area contributed by atoms with E-state index >= 15 is 0 Å². The number of aryl methyl sites for hydroxylation is 2. The maximum absolute atomic E-state index is 13.3. The van der Waals surface area contributed by atoms with Crippen LogP contribution in [0.3, 0.4) is 0 Å². The number of amides is 1. The molecule has 14 heteroatoms. The van der Waals surface area contributed by atoms with Crippen LogP contribution in [0.25, 0.3) is 11.4 Å². The zero-order valence-electron chi connectivity index (χ0n) is 18.7. The van der Waals surface area contributed by atoms with Gasteiger partial charge in [0, 0.05) is 7.05 Å². The summed E-state index contributed by atoms with van der Waals surface area (Å²) in [6.07, 6.45) is -5.01. The minimum absolute atomic E-state index is 0.0253. The van der Waals surface area contributed by atoms with Crippen LogP contribution in [0.2, 0.25) is 0 Å². The largest absolute Gasteiger partial charge is 0.436 e. The fourth-order valence-corrected chi connectivity index (χ4v) is 3.59. The highest BCUT2D eigenvalue weighted by atomic mass is 32.2. The van der Waals surface area contributed by atoms with Crippen LogP contribution in [0.4, 0.5) is 29.5 Å². The van der Waals surface area contributed by atoms with Crippen molar-refractivity contribution in [2.24, 2.45) is 7.05 Å². The van der Waals surface area contributed by atoms with Crippen molar-refractivity contribution in [1.82, 2.24) is 20.0 Å². The first-order valence-electron chi connectivity index (χ1n) is 10.2. The molecule has 1 amide bonds. The average Bonchev–Trinajstić information content (AvgIpc) is 3.04. The van der Waals surface area contributed by atoms with Crippen LogP contribution < -0.4 is 10.0 Å². The number of carbonyl (C=O) groups excluding carboxylic acids is 1. The lowest BCUT2D eigenvalue weighted by Gasteiger charge is -2.21. The van der Waals surface area contributed by atoms with Crippen molar-refractivity contribution in [3.05, 3.63) is 17.8 Å². The second-order valence-electron chi connectivity index (χ2n) is 7.52. The molecule has 0 radical (unpaired) electrons. The number of aromatic nitrogens is 4. The van der Waals surface area contributed by atoms with Crippen molar-refractivity contribution in [1.29, 1.82) is 0 Å². The predicted octanol–water partition coefficient (Wildman–Crippen LogP) is 4.01. The van der Waals surface area contributed by atoms with Gasteiger partial charge in [-0.1, -0.05) is 31.4 Å². The summed E-state index contributed by atoms with van der Waals surface area (Å²) in [5, 5.41) is 9.94. The van der Waals surface area contributed by atoms with Gasteiger partial charge in [-0.25, -0.2) is 22.9 Å². The van der Waals surface area contributed by atoms with E-state index in [1.165, 1.54) is 19.2 Å². The van der Waals surface area contributed by atoms with E-state index in [1.54, 1.807) is 6.92 Å². The number of rotatable bonds is 10. The highest BCUT2D eigenvalue weighted by Crippen LogP contribution is 2.29. The third-order valence-corrected chi connectivity index (χ3v) is 5.20. The number of hydrogen-bond acceptors (Lipinski definition) is 7. The molecule has 33 heavy (non-hydrogen) atoms. The number of alkyl halides is 3. The maximum atomic E-state index is 13.3. The summed E-state index contributed by atoms with van der Waals surface area (Å²) < 4.78 is 70.9. The van der Waals surface area contributed by atoms with Crippen molar-refractivity contribution in [3.63, 3.8) is 0 Å². The summed E-state index contributed by atoms with van der Waals surface area (Å²) in [6.45, 7) is 3.50. The van der Waals surface area contributed by atoms with Gasteiger partial charge in [0.25, 0.3) is 0 Å². The number of nitrogens with zero attached hydrogens (tertiary/aromatic N) is 4. The first-order chi connectivity index (χ1) is 15.3. The van der Waals surface area contributed by atoms with E-state index in [1.807, 2.05) is 6.92 Å². The molecule has 2 aromatic heterocycles. The van der Waals surface area contributed by atoms with Crippen molar-refractivity contribution < 1.29 is 31.1 Å². The van der Waals surface area contributed by atoms with Gasteiger partial charge in [-0.3, -0.25) is 10.0 Å². The Hall–Kier alpha value is -2.90. The lowest BCUT2D eigenvalue weighted by atomic mass is 10.1. The van der Waals surface area contributed by atoms with Crippen molar-refractivity contribution >= 4 is 27.6 Å². The molecule has 184 valence electrons. The van der Waals surface area contributed by atoms with Crippen LogP contribution in [0, 0.1) is 6.92 Å². The van der Waals surface area contributed by atoms with Gasteiger partial charge in [0.15, 0.2) is 17.6 Å².